The molecule has 1 amide bonds. The van der Waals surface area contributed by atoms with E-state index in [4.69, 9.17) is 10.5 Å². The third kappa shape index (κ3) is 3.83. The molecule has 4 nitrogen and oxygen atoms in total. The van der Waals surface area contributed by atoms with E-state index in [9.17, 15) is 4.79 Å². The highest BCUT2D eigenvalue weighted by Crippen LogP contribution is 2.23. The summed E-state index contributed by atoms with van der Waals surface area (Å²) in [5.41, 5.74) is 8.37. The lowest BCUT2D eigenvalue weighted by Gasteiger charge is -2.07. The highest BCUT2D eigenvalue weighted by atomic mass is 16.5. The number of carbonyl (C=O) groups excluding carboxylic acids is 1. The van der Waals surface area contributed by atoms with Crippen molar-refractivity contribution in [2.75, 3.05) is 18.5 Å². The van der Waals surface area contributed by atoms with Crippen LogP contribution in [0.15, 0.2) is 48.5 Å². The molecule has 0 radical (unpaired) electrons. The molecule has 2 aromatic carbocycles. The summed E-state index contributed by atoms with van der Waals surface area (Å²) >= 11 is 0. The van der Waals surface area contributed by atoms with Crippen LogP contribution in [-0.2, 0) is 4.79 Å². The van der Waals surface area contributed by atoms with Gasteiger partial charge in [-0.15, -0.1) is 0 Å². The van der Waals surface area contributed by atoms with Gasteiger partial charge in [-0.2, -0.15) is 0 Å². The molecule has 0 heterocycles. The molecular weight excluding hydrogens is 252 g/mol. The van der Waals surface area contributed by atoms with Crippen molar-refractivity contribution in [1.82, 2.24) is 0 Å². The van der Waals surface area contributed by atoms with E-state index >= 15 is 0 Å². The summed E-state index contributed by atoms with van der Waals surface area (Å²) < 4.78 is 5.44. The number of carbonyl (C=O) groups is 1. The molecule has 0 aromatic heterocycles. The Balaban J connectivity index is 2.09. The molecule has 2 rings (SSSR count). The number of rotatable bonds is 5. The van der Waals surface area contributed by atoms with Crippen LogP contribution in [-0.4, -0.2) is 19.1 Å². The van der Waals surface area contributed by atoms with Gasteiger partial charge in [0.25, 0.3) is 0 Å². The third-order valence-electron chi connectivity index (χ3n) is 2.78. The van der Waals surface area contributed by atoms with Crippen LogP contribution in [0.5, 0.6) is 5.75 Å². The molecule has 3 N–H and O–H groups in total. The summed E-state index contributed by atoms with van der Waals surface area (Å²) in [5, 5.41) is 2.74. The number of nitrogens with one attached hydrogen (secondary N) is 1. The van der Waals surface area contributed by atoms with E-state index in [0.717, 1.165) is 22.6 Å². The van der Waals surface area contributed by atoms with Gasteiger partial charge in [-0.05, 0) is 35.4 Å². The molecule has 20 heavy (non-hydrogen) atoms. The minimum atomic E-state index is -0.0702. The zero-order valence-corrected chi connectivity index (χ0v) is 11.4. The Kier molecular flexibility index (Phi) is 4.74. The maximum absolute atomic E-state index is 11.0. The Morgan fingerprint density at radius 3 is 2.10 bits per heavy atom. The number of amides is 1. The number of benzene rings is 2. The van der Waals surface area contributed by atoms with Crippen molar-refractivity contribution < 1.29 is 9.53 Å². The standard InChI is InChI=1S/C16H18N2O2/c1-12(19)18-15-6-2-13(3-7-15)14-4-8-16(9-5-14)20-11-10-17/h2-9H,10-11,17H2,1H3,(H,18,19). The van der Waals surface area contributed by atoms with Crippen molar-refractivity contribution in [3.8, 4) is 16.9 Å². The number of ether oxygens (including phenoxy) is 1. The third-order valence-corrected chi connectivity index (χ3v) is 2.78. The first-order valence-electron chi connectivity index (χ1n) is 6.50. The maximum Gasteiger partial charge on any atom is 0.221 e. The van der Waals surface area contributed by atoms with Crippen LogP contribution in [0.1, 0.15) is 6.92 Å². The van der Waals surface area contributed by atoms with Crippen molar-refractivity contribution in [2.24, 2.45) is 5.73 Å². The minimum Gasteiger partial charge on any atom is -0.492 e. The minimum absolute atomic E-state index is 0.0702. The summed E-state index contributed by atoms with van der Waals surface area (Å²) in [4.78, 5) is 11.0. The van der Waals surface area contributed by atoms with E-state index in [-0.39, 0.29) is 5.91 Å². The molecule has 0 saturated heterocycles. The van der Waals surface area contributed by atoms with Gasteiger partial charge in [0, 0.05) is 19.2 Å². The quantitative estimate of drug-likeness (QED) is 0.878. The van der Waals surface area contributed by atoms with Crippen molar-refractivity contribution in [3.63, 3.8) is 0 Å². The lowest BCUT2D eigenvalue weighted by molar-refractivity contribution is -0.114. The van der Waals surface area contributed by atoms with Gasteiger partial charge in [0.15, 0.2) is 0 Å². The van der Waals surface area contributed by atoms with E-state index in [1.165, 1.54) is 6.92 Å². The number of anilines is 1. The summed E-state index contributed by atoms with van der Waals surface area (Å²) in [6.45, 7) is 2.52. The first kappa shape index (κ1) is 14.1. The molecule has 0 unspecified atom stereocenters. The fourth-order valence-corrected chi connectivity index (χ4v) is 1.87. The van der Waals surface area contributed by atoms with Gasteiger partial charge in [-0.3, -0.25) is 4.79 Å². The second kappa shape index (κ2) is 6.73. The molecule has 0 aliphatic heterocycles. The fourth-order valence-electron chi connectivity index (χ4n) is 1.87. The van der Waals surface area contributed by atoms with Crippen LogP contribution >= 0.6 is 0 Å². The largest absolute Gasteiger partial charge is 0.492 e. The molecule has 2 aromatic rings. The van der Waals surface area contributed by atoms with Crippen molar-refractivity contribution >= 4 is 11.6 Å². The average Bonchev–Trinajstić information content (AvgIpc) is 2.46. The molecule has 0 aliphatic carbocycles. The normalized spacial score (nSPS) is 10.1. The van der Waals surface area contributed by atoms with E-state index in [1.807, 2.05) is 48.5 Å². The van der Waals surface area contributed by atoms with Gasteiger partial charge < -0.3 is 15.8 Å². The Hall–Kier alpha value is -2.33. The second-order valence-corrected chi connectivity index (χ2v) is 4.42. The van der Waals surface area contributed by atoms with Crippen molar-refractivity contribution in [2.45, 2.75) is 6.92 Å². The molecule has 104 valence electrons. The molecule has 0 aliphatic rings. The monoisotopic (exact) mass is 270 g/mol. The molecular formula is C16H18N2O2. The van der Waals surface area contributed by atoms with Crippen LogP contribution in [0.2, 0.25) is 0 Å². The molecule has 0 spiro atoms. The van der Waals surface area contributed by atoms with Gasteiger partial charge in [-0.25, -0.2) is 0 Å². The van der Waals surface area contributed by atoms with E-state index in [2.05, 4.69) is 5.32 Å². The van der Waals surface area contributed by atoms with E-state index < -0.39 is 0 Å². The predicted molar refractivity (Wildman–Crippen MR) is 80.7 cm³/mol. The van der Waals surface area contributed by atoms with Crippen LogP contribution in [0, 0.1) is 0 Å². The fraction of sp³-hybridized carbons (Fsp3) is 0.188. The smallest absolute Gasteiger partial charge is 0.221 e. The lowest BCUT2D eigenvalue weighted by Crippen LogP contribution is -2.10. The molecule has 0 saturated carbocycles. The second-order valence-electron chi connectivity index (χ2n) is 4.42. The zero-order valence-electron chi connectivity index (χ0n) is 11.4. The van der Waals surface area contributed by atoms with Crippen molar-refractivity contribution in [3.05, 3.63) is 48.5 Å². The van der Waals surface area contributed by atoms with Crippen LogP contribution in [0.25, 0.3) is 11.1 Å². The van der Waals surface area contributed by atoms with Gasteiger partial charge >= 0.3 is 0 Å². The van der Waals surface area contributed by atoms with Gasteiger partial charge in [0.05, 0.1) is 0 Å². The molecule has 0 atom stereocenters. The van der Waals surface area contributed by atoms with Crippen LogP contribution in [0.3, 0.4) is 0 Å². The number of hydrogen-bond acceptors (Lipinski definition) is 3. The first-order valence-corrected chi connectivity index (χ1v) is 6.50. The highest BCUT2D eigenvalue weighted by molar-refractivity contribution is 5.89. The summed E-state index contributed by atoms with van der Waals surface area (Å²) in [6, 6.07) is 15.6. The summed E-state index contributed by atoms with van der Waals surface area (Å²) in [7, 11) is 0. The van der Waals surface area contributed by atoms with Gasteiger partial charge in [0.1, 0.15) is 12.4 Å². The van der Waals surface area contributed by atoms with Gasteiger partial charge in [-0.1, -0.05) is 24.3 Å². The summed E-state index contributed by atoms with van der Waals surface area (Å²) in [6.07, 6.45) is 0. The molecule has 0 bridgehead atoms. The van der Waals surface area contributed by atoms with Crippen LogP contribution < -0.4 is 15.8 Å². The Morgan fingerprint density at radius 2 is 1.60 bits per heavy atom. The van der Waals surface area contributed by atoms with Crippen molar-refractivity contribution in [1.29, 1.82) is 0 Å². The van der Waals surface area contributed by atoms with Crippen LogP contribution in [0.4, 0.5) is 5.69 Å². The topological polar surface area (TPSA) is 64.3 Å². The predicted octanol–water partition coefficient (Wildman–Crippen LogP) is 2.65. The zero-order chi connectivity index (χ0) is 14.4. The molecule has 4 heteroatoms. The lowest BCUT2D eigenvalue weighted by atomic mass is 10.1. The Morgan fingerprint density at radius 1 is 1.05 bits per heavy atom. The maximum atomic E-state index is 11.0. The van der Waals surface area contributed by atoms with E-state index in [0.29, 0.717) is 13.2 Å². The average molecular weight is 270 g/mol. The van der Waals surface area contributed by atoms with Gasteiger partial charge in [0.2, 0.25) is 5.91 Å². The number of hydrogen-bond donors (Lipinski definition) is 2. The highest BCUT2D eigenvalue weighted by Gasteiger charge is 2.00. The Bertz CT molecular complexity index is 562. The first-order chi connectivity index (χ1) is 9.69. The Labute approximate surface area is 118 Å². The van der Waals surface area contributed by atoms with E-state index in [1.54, 1.807) is 0 Å². The SMILES string of the molecule is CC(=O)Nc1ccc(-c2ccc(OCCN)cc2)cc1. The summed E-state index contributed by atoms with van der Waals surface area (Å²) in [5.74, 6) is 0.744. The number of nitrogens with two attached hydrogens (primary N) is 1. The molecule has 0 fully saturated rings.